The molecule has 26 heavy (non-hydrogen) atoms. The van der Waals surface area contributed by atoms with Crippen LogP contribution in [0, 0.1) is 11.3 Å². The van der Waals surface area contributed by atoms with Crippen LogP contribution in [0.25, 0.3) is 0 Å². The lowest BCUT2D eigenvalue weighted by atomic mass is 9.82. The maximum absolute atomic E-state index is 12.9. The topological polar surface area (TPSA) is 78.2 Å². The van der Waals surface area contributed by atoms with Crippen LogP contribution in [0.2, 0.25) is 5.02 Å². The van der Waals surface area contributed by atoms with Gasteiger partial charge in [-0.05, 0) is 35.9 Å². The summed E-state index contributed by atoms with van der Waals surface area (Å²) in [6.45, 7) is 0. The molecule has 1 aliphatic carbocycles. The van der Waals surface area contributed by atoms with E-state index in [9.17, 15) is 20.0 Å². The molecule has 0 amide bonds. The van der Waals surface area contributed by atoms with Gasteiger partial charge in [0.1, 0.15) is 11.8 Å². The number of phenols is 1. The Labute approximate surface area is 163 Å². The van der Waals surface area contributed by atoms with Crippen LogP contribution >= 0.6 is 27.5 Å². The number of nitriles is 1. The molecule has 1 N–H and O–H groups in total. The van der Waals surface area contributed by atoms with Gasteiger partial charge in [0, 0.05) is 15.1 Å². The van der Waals surface area contributed by atoms with Gasteiger partial charge < -0.3 is 5.11 Å². The second kappa shape index (κ2) is 7.28. The number of carbonyl (C=O) groups is 2. The van der Waals surface area contributed by atoms with Crippen molar-refractivity contribution in [3.05, 3.63) is 86.4 Å². The molecule has 0 aromatic heterocycles. The van der Waals surface area contributed by atoms with E-state index in [1.807, 2.05) is 6.07 Å². The fourth-order valence-electron chi connectivity index (χ4n) is 2.73. The van der Waals surface area contributed by atoms with E-state index in [2.05, 4.69) is 15.9 Å². The molecular weight excluding hydrogens is 418 g/mol. The van der Waals surface area contributed by atoms with Gasteiger partial charge in [0.2, 0.25) is 0 Å². The second-order valence-electron chi connectivity index (χ2n) is 5.65. The highest BCUT2D eigenvalue weighted by molar-refractivity contribution is 9.10. The van der Waals surface area contributed by atoms with Crippen molar-refractivity contribution >= 4 is 39.1 Å². The summed E-state index contributed by atoms with van der Waals surface area (Å²) in [5.41, 5.74) is 0.616. The molecule has 0 aliphatic heterocycles. The second-order valence-corrected chi connectivity index (χ2v) is 6.97. The zero-order valence-electron chi connectivity index (χ0n) is 13.2. The first kappa shape index (κ1) is 18.1. The third-order valence-corrected chi connectivity index (χ3v) is 4.86. The minimum atomic E-state index is -0.836. The summed E-state index contributed by atoms with van der Waals surface area (Å²) in [5.74, 6) is -1.93. The van der Waals surface area contributed by atoms with Gasteiger partial charge in [-0.1, -0.05) is 51.8 Å². The van der Waals surface area contributed by atoms with Crippen LogP contribution in [0.15, 0.2) is 70.2 Å². The summed E-state index contributed by atoms with van der Waals surface area (Å²) in [5, 5.41) is 19.7. The fraction of sp³-hybridized carbons (Fsp3) is 0.0500. The van der Waals surface area contributed by atoms with Crippen LogP contribution < -0.4 is 0 Å². The molecule has 0 saturated heterocycles. The normalized spacial score (nSPS) is 16.5. The molecule has 1 atom stereocenters. The minimum absolute atomic E-state index is 0.0754. The summed E-state index contributed by atoms with van der Waals surface area (Å²) in [7, 11) is 0. The Morgan fingerprint density at radius 1 is 1.23 bits per heavy atom. The van der Waals surface area contributed by atoms with Gasteiger partial charge in [-0.3, -0.25) is 9.59 Å². The van der Waals surface area contributed by atoms with Gasteiger partial charge in [-0.25, -0.2) is 0 Å². The van der Waals surface area contributed by atoms with E-state index in [0.717, 1.165) is 0 Å². The number of benzene rings is 2. The van der Waals surface area contributed by atoms with Gasteiger partial charge in [-0.2, -0.15) is 5.26 Å². The van der Waals surface area contributed by atoms with Crippen molar-refractivity contribution < 1.29 is 14.7 Å². The lowest BCUT2D eigenvalue weighted by Gasteiger charge is -2.19. The maximum atomic E-state index is 12.9. The molecular formula is C20H11BrClNO3. The molecule has 0 heterocycles. The van der Waals surface area contributed by atoms with E-state index in [0.29, 0.717) is 15.1 Å². The van der Waals surface area contributed by atoms with Crippen LogP contribution in [-0.2, 0) is 4.79 Å². The molecule has 1 aliphatic rings. The van der Waals surface area contributed by atoms with Crippen molar-refractivity contribution in [1.82, 2.24) is 0 Å². The predicted octanol–water partition coefficient (Wildman–Crippen LogP) is 4.73. The first-order chi connectivity index (χ1) is 12.4. The molecule has 0 fully saturated rings. The molecule has 3 rings (SSSR count). The highest BCUT2D eigenvalue weighted by Gasteiger charge is 2.30. The number of allylic oxidation sites excluding steroid dienone is 4. The molecule has 128 valence electrons. The number of carbonyl (C=O) groups excluding carboxylic acids is 2. The molecule has 0 radical (unpaired) electrons. The zero-order chi connectivity index (χ0) is 18.8. The maximum Gasteiger partial charge on any atom is 0.196 e. The Hall–Kier alpha value is -2.68. The summed E-state index contributed by atoms with van der Waals surface area (Å²) >= 11 is 9.45. The average Bonchev–Trinajstić information content (AvgIpc) is 2.64. The van der Waals surface area contributed by atoms with Crippen LogP contribution in [-0.4, -0.2) is 16.7 Å². The predicted molar refractivity (Wildman–Crippen MR) is 101 cm³/mol. The van der Waals surface area contributed by atoms with Crippen molar-refractivity contribution in [3.8, 4) is 11.8 Å². The Balaban J connectivity index is 2.12. The van der Waals surface area contributed by atoms with Crippen molar-refractivity contribution in [3.63, 3.8) is 0 Å². The lowest BCUT2D eigenvalue weighted by molar-refractivity contribution is -0.115. The number of hydrogen-bond donors (Lipinski definition) is 1. The zero-order valence-corrected chi connectivity index (χ0v) is 15.6. The number of aromatic hydroxyl groups is 1. The van der Waals surface area contributed by atoms with Crippen molar-refractivity contribution in [2.24, 2.45) is 0 Å². The van der Waals surface area contributed by atoms with Crippen LogP contribution in [0.1, 0.15) is 21.8 Å². The number of phenolic OH excluding ortho intramolecular Hbond substituents is 1. The Bertz CT molecular complexity index is 1030. The first-order valence-electron chi connectivity index (χ1n) is 7.58. The van der Waals surface area contributed by atoms with E-state index in [-0.39, 0.29) is 22.5 Å². The molecule has 0 spiro atoms. The average molecular weight is 429 g/mol. The van der Waals surface area contributed by atoms with Gasteiger partial charge in [-0.15, -0.1) is 0 Å². The van der Waals surface area contributed by atoms with Crippen molar-refractivity contribution in [2.75, 3.05) is 0 Å². The van der Waals surface area contributed by atoms with E-state index in [1.165, 1.54) is 24.3 Å². The third kappa shape index (κ3) is 3.34. The molecule has 2 aromatic rings. The fourth-order valence-corrected chi connectivity index (χ4v) is 3.34. The number of nitrogens with zero attached hydrogens (tertiary/aromatic N) is 1. The van der Waals surface area contributed by atoms with Crippen molar-refractivity contribution in [1.29, 1.82) is 5.26 Å². The molecule has 2 aromatic carbocycles. The highest BCUT2D eigenvalue weighted by atomic mass is 79.9. The van der Waals surface area contributed by atoms with Crippen LogP contribution in [0.5, 0.6) is 5.75 Å². The van der Waals surface area contributed by atoms with E-state index in [1.54, 1.807) is 30.3 Å². The monoisotopic (exact) mass is 427 g/mol. The summed E-state index contributed by atoms with van der Waals surface area (Å²) in [6.07, 6.45) is 2.73. The Morgan fingerprint density at radius 2 is 1.96 bits per heavy atom. The van der Waals surface area contributed by atoms with E-state index < -0.39 is 17.5 Å². The van der Waals surface area contributed by atoms with Crippen LogP contribution in [0.3, 0.4) is 0 Å². The SMILES string of the molecule is N#CC1=CC(C(=O)c2cc(Br)ccc2O)=CC(c2ccccc2Cl)C1=O. The smallest absolute Gasteiger partial charge is 0.196 e. The number of hydrogen-bond acceptors (Lipinski definition) is 4. The summed E-state index contributed by atoms with van der Waals surface area (Å²) in [4.78, 5) is 25.4. The van der Waals surface area contributed by atoms with Crippen molar-refractivity contribution in [2.45, 2.75) is 5.92 Å². The van der Waals surface area contributed by atoms with Gasteiger partial charge >= 0.3 is 0 Å². The Morgan fingerprint density at radius 3 is 2.65 bits per heavy atom. The molecule has 0 saturated carbocycles. The van der Waals surface area contributed by atoms with Gasteiger partial charge in [0.25, 0.3) is 0 Å². The third-order valence-electron chi connectivity index (χ3n) is 4.02. The van der Waals surface area contributed by atoms with Gasteiger partial charge in [0.15, 0.2) is 11.6 Å². The summed E-state index contributed by atoms with van der Waals surface area (Å²) in [6, 6.07) is 13.1. The standard InChI is InChI=1S/C20H11BrClNO3/c21-13-5-6-18(24)16(9-13)19(25)11-7-12(10-23)20(26)15(8-11)14-3-1-2-4-17(14)22/h1-9,15,24H. The largest absolute Gasteiger partial charge is 0.507 e. The first-order valence-corrected chi connectivity index (χ1v) is 8.75. The van der Waals surface area contributed by atoms with Gasteiger partial charge in [0.05, 0.1) is 17.1 Å². The lowest BCUT2D eigenvalue weighted by Crippen LogP contribution is -2.19. The molecule has 4 nitrogen and oxygen atoms in total. The molecule has 0 bridgehead atoms. The van der Waals surface area contributed by atoms with Crippen LogP contribution in [0.4, 0.5) is 0 Å². The highest BCUT2D eigenvalue weighted by Crippen LogP contribution is 2.34. The Kier molecular flexibility index (Phi) is 5.08. The number of rotatable bonds is 3. The van der Waals surface area contributed by atoms with E-state index >= 15 is 0 Å². The number of ketones is 2. The quantitative estimate of drug-likeness (QED) is 0.717. The number of Topliss-reactive ketones (excluding diaryl/α,β-unsaturated/α-hetero) is 2. The summed E-state index contributed by atoms with van der Waals surface area (Å²) < 4.78 is 0.623. The molecule has 6 heteroatoms. The van der Waals surface area contributed by atoms with E-state index in [4.69, 9.17) is 11.6 Å². The number of halogens is 2. The minimum Gasteiger partial charge on any atom is -0.507 e. The molecule has 1 unspecified atom stereocenters.